The molecule has 4 aromatic rings. The molecule has 0 aliphatic heterocycles. The zero-order valence-electron chi connectivity index (χ0n) is 17.3. The van der Waals surface area contributed by atoms with Crippen LogP contribution in [0.2, 0.25) is 0 Å². The molecular formula is C22H15F4N3O4S. The van der Waals surface area contributed by atoms with Gasteiger partial charge in [-0.2, -0.15) is 18.3 Å². The van der Waals surface area contributed by atoms with Crippen molar-refractivity contribution in [1.29, 1.82) is 0 Å². The van der Waals surface area contributed by atoms with Crippen LogP contribution in [-0.2, 0) is 20.9 Å². The van der Waals surface area contributed by atoms with Crippen LogP contribution in [0.1, 0.15) is 5.56 Å². The molecule has 4 rings (SSSR count). The molecule has 0 spiro atoms. The van der Waals surface area contributed by atoms with Crippen LogP contribution in [0, 0.1) is 5.82 Å². The van der Waals surface area contributed by atoms with Crippen molar-refractivity contribution in [2.75, 3.05) is 7.11 Å². The van der Waals surface area contributed by atoms with Crippen molar-refractivity contribution in [2.45, 2.75) is 11.1 Å². The van der Waals surface area contributed by atoms with Gasteiger partial charge >= 0.3 is 12.3 Å². The molecular weight excluding hydrogens is 478 g/mol. The summed E-state index contributed by atoms with van der Waals surface area (Å²) in [4.78, 5) is 11.0. The number of alkyl halides is 3. The molecule has 0 bridgehead atoms. The standard InChI is InChI=1S/C22H15F4N3O4S/c1-33-21(30)28-34(31,32)17-8-5-13(6-9-17)19-18-10-7-15(22(24,25)26)12-29(18)27-20(19)14-3-2-4-16(23)11-14/h2-12H,1H3,(H,28,30). The van der Waals surface area contributed by atoms with Gasteiger partial charge in [-0.15, -0.1) is 0 Å². The molecule has 12 heteroatoms. The van der Waals surface area contributed by atoms with E-state index in [2.05, 4.69) is 9.84 Å². The third-order valence-corrected chi connectivity index (χ3v) is 6.24. The molecule has 0 unspecified atom stereocenters. The number of sulfonamides is 1. The molecule has 2 aromatic heterocycles. The molecule has 1 amide bonds. The zero-order valence-corrected chi connectivity index (χ0v) is 18.1. The minimum Gasteiger partial charge on any atom is -0.452 e. The number of hydrogen-bond donors (Lipinski definition) is 1. The van der Waals surface area contributed by atoms with Gasteiger partial charge in [0.15, 0.2) is 0 Å². The Hall–Kier alpha value is -3.93. The van der Waals surface area contributed by atoms with Crippen LogP contribution >= 0.6 is 0 Å². The van der Waals surface area contributed by atoms with Crippen molar-refractivity contribution in [3.8, 4) is 22.4 Å². The van der Waals surface area contributed by atoms with Gasteiger partial charge < -0.3 is 4.74 Å². The van der Waals surface area contributed by atoms with E-state index in [0.717, 1.165) is 23.9 Å². The number of methoxy groups -OCH3 is 1. The Morgan fingerprint density at radius 3 is 2.35 bits per heavy atom. The van der Waals surface area contributed by atoms with Crippen LogP contribution in [0.15, 0.2) is 71.8 Å². The number of halogens is 4. The largest absolute Gasteiger partial charge is 0.452 e. The number of benzene rings is 2. The van der Waals surface area contributed by atoms with Crippen molar-refractivity contribution in [1.82, 2.24) is 14.3 Å². The van der Waals surface area contributed by atoms with Crippen molar-refractivity contribution >= 4 is 21.6 Å². The average molecular weight is 493 g/mol. The van der Waals surface area contributed by atoms with E-state index < -0.39 is 33.7 Å². The van der Waals surface area contributed by atoms with Gasteiger partial charge in [-0.3, -0.25) is 0 Å². The summed E-state index contributed by atoms with van der Waals surface area (Å²) in [5.41, 5.74) is 0.652. The number of ether oxygens (including phenoxy) is 1. The van der Waals surface area contributed by atoms with Gasteiger partial charge in [0, 0.05) is 17.3 Å². The van der Waals surface area contributed by atoms with Crippen LogP contribution in [0.5, 0.6) is 0 Å². The van der Waals surface area contributed by atoms with E-state index in [1.807, 2.05) is 0 Å². The number of nitrogens with zero attached hydrogens (tertiary/aromatic N) is 2. The molecule has 0 saturated carbocycles. The predicted octanol–water partition coefficient (Wildman–Crippen LogP) is 4.87. The number of fused-ring (bicyclic) bond motifs is 1. The molecule has 0 fully saturated rings. The second-order valence-electron chi connectivity index (χ2n) is 7.10. The van der Waals surface area contributed by atoms with Gasteiger partial charge in [0.05, 0.1) is 23.1 Å². The highest BCUT2D eigenvalue weighted by Crippen LogP contribution is 2.37. The van der Waals surface area contributed by atoms with E-state index in [-0.39, 0.29) is 16.1 Å². The van der Waals surface area contributed by atoms with E-state index >= 15 is 0 Å². The maximum atomic E-state index is 13.9. The summed E-state index contributed by atoms with van der Waals surface area (Å²) in [7, 11) is -3.20. The number of amides is 1. The topological polar surface area (TPSA) is 89.8 Å². The fraction of sp³-hybridized carbons (Fsp3) is 0.0909. The minimum absolute atomic E-state index is 0.196. The van der Waals surface area contributed by atoms with Gasteiger partial charge in [0.25, 0.3) is 10.0 Å². The third kappa shape index (κ3) is 4.44. The lowest BCUT2D eigenvalue weighted by Gasteiger charge is -2.09. The molecule has 7 nitrogen and oxygen atoms in total. The second kappa shape index (κ2) is 8.45. The smallest absolute Gasteiger partial charge is 0.420 e. The molecule has 2 heterocycles. The molecule has 2 aromatic carbocycles. The first-order valence-corrected chi connectivity index (χ1v) is 11.0. The normalized spacial score (nSPS) is 12.0. The Bertz CT molecular complexity index is 1500. The minimum atomic E-state index is -4.60. The first-order chi connectivity index (χ1) is 16.0. The lowest BCUT2D eigenvalue weighted by atomic mass is 9.99. The lowest BCUT2D eigenvalue weighted by molar-refractivity contribution is -0.137. The Kier molecular flexibility index (Phi) is 5.77. The number of rotatable bonds is 4. The number of aromatic nitrogens is 2. The van der Waals surface area contributed by atoms with Crippen molar-refractivity contribution in [3.63, 3.8) is 0 Å². The molecule has 0 atom stereocenters. The summed E-state index contributed by atoms with van der Waals surface area (Å²) in [5, 5.41) is 4.25. The van der Waals surface area contributed by atoms with Gasteiger partial charge in [0.1, 0.15) is 11.5 Å². The SMILES string of the molecule is COC(=O)NS(=O)(=O)c1ccc(-c2c(-c3cccc(F)c3)nn3cc(C(F)(F)F)ccc23)cc1. The molecule has 0 saturated heterocycles. The highest BCUT2D eigenvalue weighted by atomic mass is 32.2. The first kappa shape index (κ1) is 23.2. The number of carbonyl (C=O) groups is 1. The predicted molar refractivity (Wildman–Crippen MR) is 114 cm³/mol. The quantitative estimate of drug-likeness (QED) is 0.410. The summed E-state index contributed by atoms with van der Waals surface area (Å²) in [5.74, 6) is -0.563. The molecule has 176 valence electrons. The Labute approximate surface area is 190 Å². The van der Waals surface area contributed by atoms with Gasteiger partial charge in [-0.1, -0.05) is 24.3 Å². The highest BCUT2D eigenvalue weighted by molar-refractivity contribution is 7.90. The van der Waals surface area contributed by atoms with Crippen LogP contribution in [0.25, 0.3) is 27.9 Å². The van der Waals surface area contributed by atoms with Crippen LogP contribution in [0.4, 0.5) is 22.4 Å². The Morgan fingerprint density at radius 1 is 1.03 bits per heavy atom. The average Bonchev–Trinajstić information content (AvgIpc) is 3.17. The van der Waals surface area contributed by atoms with Crippen LogP contribution in [-0.4, -0.2) is 31.2 Å². The van der Waals surface area contributed by atoms with E-state index in [4.69, 9.17) is 0 Å². The van der Waals surface area contributed by atoms with Gasteiger partial charge in [0.2, 0.25) is 0 Å². The fourth-order valence-electron chi connectivity index (χ4n) is 3.35. The molecule has 1 N–H and O–H groups in total. The molecule has 0 aliphatic carbocycles. The number of carbonyl (C=O) groups excluding carboxylic acids is 1. The Balaban J connectivity index is 1.88. The third-order valence-electron chi connectivity index (χ3n) is 4.91. The van der Waals surface area contributed by atoms with Gasteiger partial charge in [-0.05, 0) is 42.0 Å². The monoisotopic (exact) mass is 493 g/mol. The number of pyridine rings is 1. The number of nitrogens with one attached hydrogen (secondary N) is 1. The summed E-state index contributed by atoms with van der Waals surface area (Å²) in [6.45, 7) is 0. The summed E-state index contributed by atoms with van der Waals surface area (Å²) in [6, 6.07) is 12.8. The summed E-state index contributed by atoms with van der Waals surface area (Å²) < 4.78 is 85.1. The summed E-state index contributed by atoms with van der Waals surface area (Å²) >= 11 is 0. The highest BCUT2D eigenvalue weighted by Gasteiger charge is 2.31. The lowest BCUT2D eigenvalue weighted by Crippen LogP contribution is -2.30. The number of hydrogen-bond acceptors (Lipinski definition) is 5. The Morgan fingerprint density at radius 2 is 1.74 bits per heavy atom. The van der Waals surface area contributed by atoms with E-state index in [9.17, 15) is 30.8 Å². The van der Waals surface area contributed by atoms with E-state index in [0.29, 0.717) is 16.7 Å². The molecule has 0 radical (unpaired) electrons. The van der Waals surface area contributed by atoms with Crippen molar-refractivity contribution < 1.29 is 35.5 Å². The first-order valence-electron chi connectivity index (χ1n) is 9.56. The fourth-order valence-corrected chi connectivity index (χ4v) is 4.27. The van der Waals surface area contributed by atoms with Crippen LogP contribution in [0.3, 0.4) is 0 Å². The summed E-state index contributed by atoms with van der Waals surface area (Å²) in [6.07, 6.45) is -4.94. The molecule has 0 aliphatic rings. The van der Waals surface area contributed by atoms with Crippen molar-refractivity contribution in [3.05, 3.63) is 78.2 Å². The van der Waals surface area contributed by atoms with Crippen molar-refractivity contribution in [2.24, 2.45) is 0 Å². The maximum absolute atomic E-state index is 13.9. The zero-order chi connectivity index (χ0) is 24.7. The molecule has 34 heavy (non-hydrogen) atoms. The van der Waals surface area contributed by atoms with Gasteiger partial charge in [-0.25, -0.2) is 26.8 Å². The second-order valence-corrected chi connectivity index (χ2v) is 8.78. The maximum Gasteiger partial charge on any atom is 0.420 e. The van der Waals surface area contributed by atoms with E-state index in [1.165, 1.54) is 48.5 Å². The van der Waals surface area contributed by atoms with E-state index in [1.54, 1.807) is 10.8 Å². The van der Waals surface area contributed by atoms with Crippen LogP contribution < -0.4 is 4.72 Å².